The molecule has 2 fully saturated rings. The molecule has 3 N–H and O–H groups in total. The molecule has 2 aromatic heterocycles. The maximum absolute atomic E-state index is 13.5. The highest BCUT2D eigenvalue weighted by atomic mass is 19.4. The Hall–Kier alpha value is -4.34. The van der Waals surface area contributed by atoms with Crippen LogP contribution in [-0.4, -0.2) is 105 Å². The summed E-state index contributed by atoms with van der Waals surface area (Å²) in [6, 6.07) is 5.21. The van der Waals surface area contributed by atoms with E-state index >= 15 is 0 Å². The van der Waals surface area contributed by atoms with Gasteiger partial charge in [0.2, 0.25) is 12.3 Å². The van der Waals surface area contributed by atoms with Crippen molar-refractivity contribution in [3.05, 3.63) is 58.3 Å². The number of imidazole rings is 1. The number of hydrogen-bond donors (Lipinski definition) is 3. The molecule has 1 aromatic carbocycles. The molecule has 2 aliphatic rings. The molecular weight excluding hydrogens is 627 g/mol. The fraction of sp³-hybridized carbons (Fsp3) is 0.516. The van der Waals surface area contributed by atoms with Crippen molar-refractivity contribution < 1.29 is 36.3 Å². The van der Waals surface area contributed by atoms with Gasteiger partial charge in [0.15, 0.2) is 11.5 Å². The first-order chi connectivity index (χ1) is 22.3. The number of amides is 3. The maximum Gasteiger partial charge on any atom is 0.435 e. The van der Waals surface area contributed by atoms with Crippen LogP contribution in [0.15, 0.2) is 24.4 Å². The molecule has 3 amide bonds. The van der Waals surface area contributed by atoms with Gasteiger partial charge in [0.05, 0.1) is 29.6 Å². The summed E-state index contributed by atoms with van der Waals surface area (Å²) in [4.78, 5) is 51.4. The van der Waals surface area contributed by atoms with Gasteiger partial charge in [-0.25, -0.2) is 13.8 Å². The van der Waals surface area contributed by atoms with Crippen molar-refractivity contribution in [2.24, 2.45) is 5.92 Å². The predicted molar refractivity (Wildman–Crippen MR) is 161 cm³/mol. The van der Waals surface area contributed by atoms with Crippen LogP contribution in [0.25, 0.3) is 11.3 Å². The lowest BCUT2D eigenvalue weighted by Gasteiger charge is -2.38. The Kier molecular flexibility index (Phi) is 10.3. The van der Waals surface area contributed by atoms with Gasteiger partial charge in [0.25, 0.3) is 11.8 Å². The minimum atomic E-state index is -4.93. The molecule has 16 heteroatoms. The molecule has 2 saturated heterocycles. The van der Waals surface area contributed by atoms with E-state index in [0.29, 0.717) is 43.7 Å². The number of hydrogen-bond acceptors (Lipinski definition) is 6. The zero-order chi connectivity index (χ0) is 33.9. The number of aromatic nitrogens is 4. The summed E-state index contributed by atoms with van der Waals surface area (Å²) in [5, 5.41) is 7.82. The lowest BCUT2D eigenvalue weighted by Crippen LogP contribution is -2.52. The molecule has 0 unspecified atom stereocenters. The highest BCUT2D eigenvalue weighted by Gasteiger charge is 2.39. The Bertz CT molecular complexity index is 1590. The van der Waals surface area contributed by atoms with Gasteiger partial charge in [-0.2, -0.15) is 18.3 Å². The number of carbonyl (C=O) groups excluding carboxylic acids is 3. The number of likely N-dealkylation sites (tertiary alicyclic amines) is 1. The third-order valence-electron chi connectivity index (χ3n) is 8.71. The molecule has 0 atom stereocenters. The van der Waals surface area contributed by atoms with Crippen molar-refractivity contribution in [1.29, 1.82) is 0 Å². The topological polar surface area (TPSA) is 130 Å². The van der Waals surface area contributed by atoms with Crippen molar-refractivity contribution in [3.8, 4) is 11.3 Å². The van der Waals surface area contributed by atoms with Crippen molar-refractivity contribution in [3.63, 3.8) is 0 Å². The molecule has 0 spiro atoms. The van der Waals surface area contributed by atoms with Crippen LogP contribution in [0.1, 0.15) is 63.3 Å². The van der Waals surface area contributed by atoms with E-state index < -0.39 is 41.9 Å². The maximum atomic E-state index is 13.5. The van der Waals surface area contributed by atoms with Crippen molar-refractivity contribution >= 4 is 17.7 Å². The van der Waals surface area contributed by atoms with Crippen LogP contribution in [0, 0.1) is 5.92 Å². The number of halogens is 5. The van der Waals surface area contributed by atoms with Crippen LogP contribution in [-0.2, 0) is 30.4 Å². The van der Waals surface area contributed by atoms with E-state index in [1.54, 1.807) is 23.1 Å². The second kappa shape index (κ2) is 14.2. The second-order valence-electron chi connectivity index (χ2n) is 11.9. The average Bonchev–Trinajstić information content (AvgIpc) is 3.70. The van der Waals surface area contributed by atoms with Crippen molar-refractivity contribution in [2.75, 3.05) is 46.3 Å². The lowest BCUT2D eigenvalue weighted by molar-refractivity contribution is -0.140. The Morgan fingerprint density at radius 3 is 2.36 bits per heavy atom. The molecule has 5 rings (SSSR count). The van der Waals surface area contributed by atoms with Crippen LogP contribution < -0.4 is 5.32 Å². The van der Waals surface area contributed by atoms with Gasteiger partial charge >= 0.3 is 6.18 Å². The standard InChI is InChI=1S/C31H37F5N8O3/c1-3-19-14-18(4-5-21(19)30(47)44-12-10-43(11-13-44)29(46)20-6-8-42(2)9-7-20)16-38-28(45)27-37-17-23(39-27)25-22(15-24(32)33)40-41-26(25)31(34,35)36/h4-5,14,17,20,24H,3,6-13,15-16H2,1-2H3,(H,37,39)(H,38,45)(H,40,41). The van der Waals surface area contributed by atoms with Gasteiger partial charge in [0, 0.05) is 44.2 Å². The Morgan fingerprint density at radius 1 is 1.04 bits per heavy atom. The minimum Gasteiger partial charge on any atom is -0.345 e. The molecule has 0 saturated carbocycles. The molecule has 47 heavy (non-hydrogen) atoms. The van der Waals surface area contributed by atoms with Crippen LogP contribution >= 0.6 is 0 Å². The van der Waals surface area contributed by atoms with Gasteiger partial charge in [-0.3, -0.25) is 19.5 Å². The number of nitrogens with one attached hydrogen (secondary N) is 3. The van der Waals surface area contributed by atoms with E-state index in [1.807, 2.05) is 16.9 Å². The van der Waals surface area contributed by atoms with Gasteiger partial charge < -0.3 is 25.0 Å². The highest BCUT2D eigenvalue weighted by Crippen LogP contribution is 2.37. The molecule has 0 aliphatic carbocycles. The first-order valence-electron chi connectivity index (χ1n) is 15.5. The number of H-pyrrole nitrogens is 2. The number of aromatic amines is 2. The minimum absolute atomic E-state index is 0.0320. The number of benzene rings is 1. The number of nitrogens with zero attached hydrogens (tertiary/aromatic N) is 5. The fourth-order valence-electron chi connectivity index (χ4n) is 6.08. The SMILES string of the molecule is CCc1cc(CNC(=O)c2ncc(-c3c(C(F)(F)F)n[nH]c3CC(F)F)[nH]2)ccc1C(=O)N1CCN(C(=O)C2CCN(C)CC2)CC1. The Balaban J connectivity index is 1.19. The van der Waals surface area contributed by atoms with E-state index in [4.69, 9.17) is 0 Å². The summed E-state index contributed by atoms with van der Waals surface area (Å²) in [7, 11) is 2.05. The summed E-state index contributed by atoms with van der Waals surface area (Å²) in [6.07, 6.45) is -5.64. The van der Waals surface area contributed by atoms with Crippen LogP contribution in [0.3, 0.4) is 0 Å². The third kappa shape index (κ3) is 7.80. The van der Waals surface area contributed by atoms with Crippen LogP contribution in [0.2, 0.25) is 0 Å². The lowest BCUT2D eigenvalue weighted by atomic mass is 9.95. The fourth-order valence-corrected chi connectivity index (χ4v) is 6.08. The number of piperidine rings is 1. The number of rotatable bonds is 9. The number of aryl methyl sites for hydroxylation is 1. The summed E-state index contributed by atoms with van der Waals surface area (Å²) in [6.45, 7) is 5.61. The van der Waals surface area contributed by atoms with E-state index in [1.165, 1.54) is 0 Å². The quantitative estimate of drug-likeness (QED) is 0.299. The van der Waals surface area contributed by atoms with Crippen molar-refractivity contribution in [2.45, 2.75) is 51.8 Å². The number of piperazine rings is 1. The van der Waals surface area contributed by atoms with Crippen molar-refractivity contribution in [1.82, 2.24) is 40.2 Å². The van der Waals surface area contributed by atoms with Crippen LogP contribution in [0.4, 0.5) is 22.0 Å². The Morgan fingerprint density at radius 2 is 1.72 bits per heavy atom. The first-order valence-corrected chi connectivity index (χ1v) is 15.5. The van der Waals surface area contributed by atoms with Gasteiger partial charge in [0.1, 0.15) is 0 Å². The summed E-state index contributed by atoms with van der Waals surface area (Å²) >= 11 is 0. The number of carbonyl (C=O) groups is 3. The Labute approximate surface area is 267 Å². The normalized spacial score (nSPS) is 16.6. The zero-order valence-corrected chi connectivity index (χ0v) is 26.1. The molecule has 11 nitrogen and oxygen atoms in total. The van der Waals surface area contributed by atoms with Crippen LogP contribution in [0.5, 0.6) is 0 Å². The van der Waals surface area contributed by atoms with E-state index in [9.17, 15) is 36.3 Å². The zero-order valence-electron chi connectivity index (χ0n) is 26.1. The average molecular weight is 665 g/mol. The molecule has 2 aliphatic heterocycles. The third-order valence-corrected chi connectivity index (χ3v) is 8.71. The molecular formula is C31H37F5N8O3. The van der Waals surface area contributed by atoms with Gasteiger partial charge in [-0.1, -0.05) is 19.1 Å². The molecule has 3 aromatic rings. The van der Waals surface area contributed by atoms with E-state index in [0.717, 1.165) is 37.7 Å². The van der Waals surface area contributed by atoms with E-state index in [-0.39, 0.29) is 35.8 Å². The molecule has 4 heterocycles. The summed E-state index contributed by atoms with van der Waals surface area (Å²) in [5.41, 5.74) is -0.745. The predicted octanol–water partition coefficient (Wildman–Crippen LogP) is 3.74. The monoisotopic (exact) mass is 664 g/mol. The molecule has 254 valence electrons. The highest BCUT2D eigenvalue weighted by molar-refractivity contribution is 5.96. The second-order valence-corrected chi connectivity index (χ2v) is 11.9. The largest absolute Gasteiger partial charge is 0.435 e. The summed E-state index contributed by atoms with van der Waals surface area (Å²) in [5.74, 6) is -0.966. The smallest absolute Gasteiger partial charge is 0.345 e. The van der Waals surface area contributed by atoms with E-state index in [2.05, 4.69) is 32.3 Å². The number of alkyl halides is 5. The summed E-state index contributed by atoms with van der Waals surface area (Å²) < 4.78 is 66.5. The first kappa shape index (κ1) is 34.0. The van der Waals surface area contributed by atoms with Gasteiger partial charge in [-0.05, 0) is 56.6 Å². The molecule has 0 radical (unpaired) electrons. The molecule has 0 bridgehead atoms. The van der Waals surface area contributed by atoms with Gasteiger partial charge in [-0.15, -0.1) is 0 Å².